The van der Waals surface area contributed by atoms with E-state index in [-0.39, 0.29) is 6.61 Å². The molecule has 2 N–H and O–H groups in total. The molecular formula is C19H32N2O8. The molecule has 10 nitrogen and oxygen atoms in total. The maximum absolute atomic E-state index is 12.7. The molecule has 0 saturated carbocycles. The van der Waals surface area contributed by atoms with Gasteiger partial charge in [0.05, 0.1) is 18.4 Å². The summed E-state index contributed by atoms with van der Waals surface area (Å²) in [5.74, 6) is -3.14. The van der Waals surface area contributed by atoms with Gasteiger partial charge in [-0.05, 0) is 17.8 Å². The molecule has 0 spiro atoms. The monoisotopic (exact) mass is 416 g/mol. The van der Waals surface area contributed by atoms with Crippen molar-refractivity contribution in [2.24, 2.45) is 22.2 Å². The SMILES string of the molecule is CCOC(=O)CC1(C[N+](=O)[O-])CN(C(=O)O)[C@](C(=O)O)(C(C)(C)C)C1C(C)(C)C. The van der Waals surface area contributed by atoms with Crippen LogP contribution in [0.1, 0.15) is 54.9 Å². The van der Waals surface area contributed by atoms with Crippen LogP contribution in [0.5, 0.6) is 0 Å². The molecule has 0 aliphatic carbocycles. The highest BCUT2D eigenvalue weighted by Crippen LogP contribution is 2.62. The number of nitrogens with zero attached hydrogens (tertiary/aromatic N) is 2. The van der Waals surface area contributed by atoms with Crippen LogP contribution in [-0.4, -0.2) is 63.3 Å². The smallest absolute Gasteiger partial charge is 0.408 e. The minimum atomic E-state index is -1.99. The quantitative estimate of drug-likeness (QED) is 0.381. The number of nitro groups is 1. The van der Waals surface area contributed by atoms with Crippen molar-refractivity contribution in [3.63, 3.8) is 0 Å². The number of carboxylic acid groups (broad SMARTS) is 2. The van der Waals surface area contributed by atoms with E-state index < -0.39 is 70.2 Å². The first kappa shape index (κ1) is 24.6. The molecule has 1 heterocycles. The zero-order valence-corrected chi connectivity index (χ0v) is 18.1. The van der Waals surface area contributed by atoms with Crippen LogP contribution in [0, 0.1) is 32.3 Å². The fraction of sp³-hybridized carbons (Fsp3) is 0.842. The van der Waals surface area contributed by atoms with Crippen molar-refractivity contribution in [3.8, 4) is 0 Å². The molecule has 3 atom stereocenters. The van der Waals surface area contributed by atoms with Crippen LogP contribution in [-0.2, 0) is 14.3 Å². The molecule has 10 heteroatoms. The van der Waals surface area contributed by atoms with Crippen molar-refractivity contribution in [2.45, 2.75) is 60.4 Å². The Balaban J connectivity index is 3.98. The Kier molecular flexibility index (Phi) is 6.62. The molecule has 1 amide bonds. The molecule has 166 valence electrons. The predicted octanol–water partition coefficient (Wildman–Crippen LogP) is 2.73. The zero-order valence-electron chi connectivity index (χ0n) is 18.1. The minimum Gasteiger partial charge on any atom is -0.479 e. The van der Waals surface area contributed by atoms with Crippen molar-refractivity contribution < 1.29 is 34.3 Å². The van der Waals surface area contributed by atoms with E-state index in [0.29, 0.717) is 0 Å². The summed E-state index contributed by atoms with van der Waals surface area (Å²) in [6.45, 7) is 10.4. The standard InChI is InChI=1S/C19H32N2O8/c1-8-29-12(22)9-18(11-21(27)28)10-20(15(25)26)19(14(23)24,17(5,6)7)13(18)16(2,3)4/h13H,8-11H2,1-7H3,(H,23,24)(H,25,26)/t13?,18?,19-/m1/s1. The molecule has 0 bridgehead atoms. The number of esters is 1. The number of hydrogen-bond acceptors (Lipinski definition) is 6. The minimum absolute atomic E-state index is 0.0551. The molecule has 1 saturated heterocycles. The van der Waals surface area contributed by atoms with Gasteiger partial charge in [-0.15, -0.1) is 0 Å². The molecule has 0 aromatic heterocycles. The highest BCUT2D eigenvalue weighted by atomic mass is 16.6. The van der Waals surface area contributed by atoms with Gasteiger partial charge >= 0.3 is 18.0 Å². The fourth-order valence-electron chi connectivity index (χ4n) is 5.40. The van der Waals surface area contributed by atoms with Crippen LogP contribution in [0.25, 0.3) is 0 Å². The van der Waals surface area contributed by atoms with E-state index in [1.807, 2.05) is 0 Å². The number of hydrogen-bond donors (Lipinski definition) is 2. The summed E-state index contributed by atoms with van der Waals surface area (Å²) in [6.07, 6.45) is -1.94. The highest BCUT2D eigenvalue weighted by molar-refractivity contribution is 5.87. The summed E-state index contributed by atoms with van der Waals surface area (Å²) in [6, 6.07) is 0. The zero-order chi connectivity index (χ0) is 23.0. The van der Waals surface area contributed by atoms with Crippen molar-refractivity contribution in [1.29, 1.82) is 0 Å². The van der Waals surface area contributed by atoms with Crippen LogP contribution < -0.4 is 0 Å². The molecular weight excluding hydrogens is 384 g/mol. The Labute approximate surface area is 170 Å². The van der Waals surface area contributed by atoms with E-state index in [9.17, 15) is 34.7 Å². The van der Waals surface area contributed by atoms with Gasteiger partial charge < -0.3 is 14.9 Å². The molecule has 1 fully saturated rings. The summed E-state index contributed by atoms with van der Waals surface area (Å²) in [7, 11) is 0. The third-order valence-corrected chi connectivity index (χ3v) is 5.74. The summed E-state index contributed by atoms with van der Waals surface area (Å²) in [5.41, 5.74) is -5.53. The molecule has 1 aliphatic heterocycles. The maximum Gasteiger partial charge on any atom is 0.408 e. The second-order valence-electron chi connectivity index (χ2n) is 9.82. The molecule has 1 rings (SSSR count). The van der Waals surface area contributed by atoms with E-state index in [0.717, 1.165) is 4.90 Å². The van der Waals surface area contributed by atoms with Crippen molar-refractivity contribution >= 4 is 18.0 Å². The van der Waals surface area contributed by atoms with Crippen LogP contribution in [0.4, 0.5) is 4.79 Å². The summed E-state index contributed by atoms with van der Waals surface area (Å²) in [4.78, 5) is 49.1. The van der Waals surface area contributed by atoms with Crippen LogP contribution in [0.15, 0.2) is 0 Å². The first-order chi connectivity index (χ1) is 13.0. The molecule has 0 aromatic rings. The second kappa shape index (κ2) is 7.79. The van der Waals surface area contributed by atoms with E-state index in [1.54, 1.807) is 48.5 Å². The number of carboxylic acids is 1. The van der Waals surface area contributed by atoms with Gasteiger partial charge in [-0.2, -0.15) is 0 Å². The van der Waals surface area contributed by atoms with Gasteiger partial charge in [-0.1, -0.05) is 41.5 Å². The number of ether oxygens (including phenoxy) is 1. The average molecular weight is 416 g/mol. The lowest BCUT2D eigenvalue weighted by Crippen LogP contribution is -2.66. The first-order valence-corrected chi connectivity index (χ1v) is 9.48. The van der Waals surface area contributed by atoms with Gasteiger partial charge in [0.1, 0.15) is 0 Å². The van der Waals surface area contributed by atoms with E-state index in [2.05, 4.69) is 0 Å². The number of aliphatic carboxylic acids is 1. The summed E-state index contributed by atoms with van der Waals surface area (Å²) < 4.78 is 5.01. The van der Waals surface area contributed by atoms with E-state index in [4.69, 9.17) is 4.74 Å². The number of rotatable bonds is 6. The number of carbonyl (C=O) groups is 3. The van der Waals surface area contributed by atoms with Crippen molar-refractivity contribution in [1.82, 2.24) is 4.90 Å². The second-order valence-corrected chi connectivity index (χ2v) is 9.82. The molecule has 0 aromatic carbocycles. The predicted molar refractivity (Wildman–Crippen MR) is 103 cm³/mol. The Morgan fingerprint density at radius 1 is 1.17 bits per heavy atom. The van der Waals surface area contributed by atoms with E-state index >= 15 is 0 Å². The lowest BCUT2D eigenvalue weighted by molar-refractivity contribution is -0.500. The van der Waals surface area contributed by atoms with Crippen molar-refractivity contribution in [2.75, 3.05) is 19.7 Å². The normalized spacial score (nSPS) is 27.6. The average Bonchev–Trinajstić information content (AvgIpc) is 2.78. The van der Waals surface area contributed by atoms with E-state index in [1.165, 1.54) is 0 Å². The molecule has 29 heavy (non-hydrogen) atoms. The molecule has 0 radical (unpaired) electrons. The summed E-state index contributed by atoms with van der Waals surface area (Å²) in [5, 5.41) is 31.9. The third kappa shape index (κ3) is 4.16. The first-order valence-electron chi connectivity index (χ1n) is 9.48. The number of carbonyl (C=O) groups excluding carboxylic acids is 1. The lowest BCUT2D eigenvalue weighted by Gasteiger charge is -2.52. The third-order valence-electron chi connectivity index (χ3n) is 5.74. The Hall–Kier alpha value is -2.39. The van der Waals surface area contributed by atoms with Gasteiger partial charge in [0, 0.05) is 17.4 Å². The largest absolute Gasteiger partial charge is 0.479 e. The number of likely N-dealkylation sites (tertiary alicyclic amines) is 1. The summed E-state index contributed by atoms with van der Waals surface area (Å²) >= 11 is 0. The Bertz CT molecular complexity index is 693. The Morgan fingerprint density at radius 2 is 1.69 bits per heavy atom. The number of amides is 1. The lowest BCUT2D eigenvalue weighted by atomic mass is 9.52. The van der Waals surface area contributed by atoms with Gasteiger partial charge in [-0.25, -0.2) is 9.59 Å². The van der Waals surface area contributed by atoms with Crippen LogP contribution in [0.2, 0.25) is 0 Å². The topological polar surface area (TPSA) is 147 Å². The van der Waals surface area contributed by atoms with Gasteiger partial charge in [0.2, 0.25) is 6.54 Å². The highest BCUT2D eigenvalue weighted by Gasteiger charge is 2.75. The van der Waals surface area contributed by atoms with Crippen LogP contribution in [0.3, 0.4) is 0 Å². The Morgan fingerprint density at radius 3 is 2.00 bits per heavy atom. The maximum atomic E-state index is 12.7. The van der Waals surface area contributed by atoms with Crippen molar-refractivity contribution in [3.05, 3.63) is 10.1 Å². The fourth-order valence-corrected chi connectivity index (χ4v) is 5.40. The van der Waals surface area contributed by atoms with Crippen LogP contribution >= 0.6 is 0 Å². The van der Waals surface area contributed by atoms with Gasteiger partial charge in [-0.3, -0.25) is 19.8 Å². The van der Waals surface area contributed by atoms with Gasteiger partial charge in [0.25, 0.3) is 0 Å². The van der Waals surface area contributed by atoms with Gasteiger partial charge in [0.15, 0.2) is 5.54 Å². The molecule has 1 aliphatic rings. The molecule has 2 unspecified atom stereocenters.